The van der Waals surface area contributed by atoms with Gasteiger partial charge in [0.2, 0.25) is 5.91 Å². The van der Waals surface area contributed by atoms with E-state index in [9.17, 15) is 4.79 Å². The summed E-state index contributed by atoms with van der Waals surface area (Å²) in [5, 5.41) is 3.26. The van der Waals surface area contributed by atoms with Gasteiger partial charge in [-0.15, -0.1) is 0 Å². The molecule has 144 valence electrons. The Morgan fingerprint density at radius 2 is 2.15 bits per heavy atom. The molecule has 1 N–H and O–H groups in total. The van der Waals surface area contributed by atoms with Crippen molar-refractivity contribution in [3.8, 4) is 11.5 Å². The Kier molecular flexibility index (Phi) is 7.49. The zero-order valence-corrected chi connectivity index (χ0v) is 16.7. The third-order valence-electron chi connectivity index (χ3n) is 3.60. The standard InChI is InChI=1S/C20H24ClN3O3/c1-5-11-27-19-15(21)12-14(13-17(19)26-4)8-9-18(25)23-16-7-6-10-22-20(16)24(2)3/h6-10,12-13H,5,11H2,1-4H3,(H,23,25)/b9-8+. The zero-order valence-electron chi connectivity index (χ0n) is 16.0. The molecule has 0 aliphatic heterocycles. The van der Waals surface area contributed by atoms with Gasteiger partial charge < -0.3 is 19.7 Å². The number of carbonyl (C=O) groups excluding carboxylic acids is 1. The molecule has 0 unspecified atom stereocenters. The quantitative estimate of drug-likeness (QED) is 0.684. The van der Waals surface area contributed by atoms with Crippen molar-refractivity contribution in [1.82, 2.24) is 4.98 Å². The molecule has 0 fully saturated rings. The van der Waals surface area contributed by atoms with Gasteiger partial charge in [-0.25, -0.2) is 4.98 Å². The molecule has 0 atom stereocenters. The Morgan fingerprint density at radius 1 is 1.37 bits per heavy atom. The SMILES string of the molecule is CCCOc1c(Cl)cc(/C=C/C(=O)Nc2cccnc2N(C)C)cc1OC. The van der Waals surface area contributed by atoms with Gasteiger partial charge in [0.25, 0.3) is 0 Å². The average molecular weight is 390 g/mol. The summed E-state index contributed by atoms with van der Waals surface area (Å²) in [5.41, 5.74) is 1.37. The lowest BCUT2D eigenvalue weighted by molar-refractivity contribution is -0.111. The fourth-order valence-corrected chi connectivity index (χ4v) is 2.65. The van der Waals surface area contributed by atoms with Gasteiger partial charge in [-0.2, -0.15) is 0 Å². The Balaban J connectivity index is 2.15. The van der Waals surface area contributed by atoms with Crippen LogP contribution in [0.4, 0.5) is 11.5 Å². The van der Waals surface area contributed by atoms with Crippen molar-refractivity contribution in [3.63, 3.8) is 0 Å². The van der Waals surface area contributed by atoms with Gasteiger partial charge in [0.1, 0.15) is 0 Å². The molecule has 0 aliphatic carbocycles. The summed E-state index contributed by atoms with van der Waals surface area (Å²) in [6.07, 6.45) is 5.64. The lowest BCUT2D eigenvalue weighted by Crippen LogP contribution is -2.16. The van der Waals surface area contributed by atoms with E-state index >= 15 is 0 Å². The summed E-state index contributed by atoms with van der Waals surface area (Å²) in [6.45, 7) is 2.56. The first-order chi connectivity index (χ1) is 13.0. The van der Waals surface area contributed by atoms with Gasteiger partial charge in [-0.05, 0) is 42.3 Å². The highest BCUT2D eigenvalue weighted by Crippen LogP contribution is 2.36. The molecule has 7 heteroatoms. The highest BCUT2D eigenvalue weighted by Gasteiger charge is 2.11. The lowest BCUT2D eigenvalue weighted by Gasteiger charge is -2.15. The van der Waals surface area contributed by atoms with Crippen LogP contribution in [0.2, 0.25) is 5.02 Å². The number of aromatic nitrogens is 1. The highest BCUT2D eigenvalue weighted by atomic mass is 35.5. The van der Waals surface area contributed by atoms with E-state index in [1.165, 1.54) is 6.08 Å². The van der Waals surface area contributed by atoms with Crippen LogP contribution in [-0.2, 0) is 4.79 Å². The van der Waals surface area contributed by atoms with Gasteiger partial charge in [0.05, 0.1) is 24.4 Å². The number of amides is 1. The van der Waals surface area contributed by atoms with Crippen molar-refractivity contribution >= 4 is 35.1 Å². The molecule has 0 radical (unpaired) electrons. The molecule has 1 amide bonds. The third-order valence-corrected chi connectivity index (χ3v) is 3.88. The number of nitrogens with one attached hydrogen (secondary N) is 1. The van der Waals surface area contributed by atoms with E-state index in [1.54, 1.807) is 43.6 Å². The van der Waals surface area contributed by atoms with Crippen LogP contribution in [0.15, 0.2) is 36.5 Å². The molecule has 0 saturated carbocycles. The van der Waals surface area contributed by atoms with Gasteiger partial charge in [-0.1, -0.05) is 18.5 Å². The summed E-state index contributed by atoms with van der Waals surface area (Å²) < 4.78 is 11.0. The maximum atomic E-state index is 12.3. The number of methoxy groups -OCH3 is 1. The van der Waals surface area contributed by atoms with Crippen molar-refractivity contribution in [2.75, 3.05) is 38.0 Å². The second-order valence-electron chi connectivity index (χ2n) is 5.97. The first-order valence-corrected chi connectivity index (χ1v) is 8.95. The lowest BCUT2D eigenvalue weighted by atomic mass is 10.2. The van der Waals surface area contributed by atoms with Crippen LogP contribution in [0, 0.1) is 0 Å². The molecule has 1 aromatic heterocycles. The predicted molar refractivity (Wildman–Crippen MR) is 110 cm³/mol. The molecule has 2 aromatic rings. The van der Waals surface area contributed by atoms with Crippen LogP contribution in [0.1, 0.15) is 18.9 Å². The van der Waals surface area contributed by atoms with Crippen molar-refractivity contribution < 1.29 is 14.3 Å². The Bertz CT molecular complexity index is 822. The van der Waals surface area contributed by atoms with E-state index in [2.05, 4.69) is 10.3 Å². The second kappa shape index (κ2) is 9.83. The molecular weight excluding hydrogens is 366 g/mol. The van der Waals surface area contributed by atoms with Crippen molar-refractivity contribution in [2.45, 2.75) is 13.3 Å². The van der Waals surface area contributed by atoms with Crippen LogP contribution in [0.3, 0.4) is 0 Å². The minimum Gasteiger partial charge on any atom is -0.493 e. The van der Waals surface area contributed by atoms with Crippen LogP contribution in [-0.4, -0.2) is 38.7 Å². The van der Waals surface area contributed by atoms with E-state index in [1.807, 2.05) is 25.9 Å². The molecule has 1 heterocycles. The molecule has 0 bridgehead atoms. The van der Waals surface area contributed by atoms with Gasteiger partial charge in [0, 0.05) is 26.4 Å². The first-order valence-electron chi connectivity index (χ1n) is 8.58. The zero-order chi connectivity index (χ0) is 19.8. The number of ether oxygens (including phenoxy) is 2. The maximum Gasteiger partial charge on any atom is 0.248 e. The number of hydrogen-bond acceptors (Lipinski definition) is 5. The summed E-state index contributed by atoms with van der Waals surface area (Å²) in [5.74, 6) is 1.45. The van der Waals surface area contributed by atoms with Crippen LogP contribution >= 0.6 is 11.6 Å². The highest BCUT2D eigenvalue weighted by molar-refractivity contribution is 6.32. The number of rotatable bonds is 8. The van der Waals surface area contributed by atoms with Crippen molar-refractivity contribution in [1.29, 1.82) is 0 Å². The summed E-state index contributed by atoms with van der Waals surface area (Å²) in [7, 11) is 5.28. The summed E-state index contributed by atoms with van der Waals surface area (Å²) in [6, 6.07) is 7.07. The second-order valence-corrected chi connectivity index (χ2v) is 6.38. The molecule has 27 heavy (non-hydrogen) atoms. The minimum atomic E-state index is -0.271. The van der Waals surface area contributed by atoms with Crippen LogP contribution in [0.5, 0.6) is 11.5 Å². The molecule has 2 rings (SSSR count). The first kappa shape index (κ1) is 20.6. The number of halogens is 1. The Hall–Kier alpha value is -2.73. The van der Waals surface area contributed by atoms with Crippen LogP contribution in [0.25, 0.3) is 6.08 Å². The molecule has 0 aliphatic rings. The summed E-state index contributed by atoms with van der Waals surface area (Å²) in [4.78, 5) is 18.4. The van der Waals surface area contributed by atoms with E-state index < -0.39 is 0 Å². The molecule has 0 spiro atoms. The van der Waals surface area contributed by atoms with Crippen molar-refractivity contribution in [2.24, 2.45) is 0 Å². The fourth-order valence-electron chi connectivity index (χ4n) is 2.38. The minimum absolute atomic E-state index is 0.271. The predicted octanol–water partition coefficient (Wildman–Crippen LogP) is 4.25. The largest absolute Gasteiger partial charge is 0.493 e. The Morgan fingerprint density at radius 3 is 2.81 bits per heavy atom. The normalized spacial score (nSPS) is 10.7. The monoisotopic (exact) mass is 389 g/mol. The number of hydrogen-bond donors (Lipinski definition) is 1. The third kappa shape index (κ3) is 5.62. The van der Waals surface area contributed by atoms with Crippen molar-refractivity contribution in [3.05, 3.63) is 47.1 Å². The molecule has 6 nitrogen and oxygen atoms in total. The van der Waals surface area contributed by atoms with Gasteiger partial charge in [-0.3, -0.25) is 4.79 Å². The number of pyridine rings is 1. The van der Waals surface area contributed by atoms with E-state index in [0.717, 1.165) is 12.0 Å². The maximum absolute atomic E-state index is 12.3. The molecular formula is C20H24ClN3O3. The number of carbonyl (C=O) groups is 1. The Labute approximate surface area is 164 Å². The number of nitrogens with zero attached hydrogens (tertiary/aromatic N) is 2. The van der Waals surface area contributed by atoms with Gasteiger partial charge in [0.15, 0.2) is 17.3 Å². The fraction of sp³-hybridized carbons (Fsp3) is 0.300. The van der Waals surface area contributed by atoms with Crippen LogP contribution < -0.4 is 19.7 Å². The van der Waals surface area contributed by atoms with E-state index in [4.69, 9.17) is 21.1 Å². The van der Waals surface area contributed by atoms with Gasteiger partial charge >= 0.3 is 0 Å². The number of anilines is 2. The summed E-state index contributed by atoms with van der Waals surface area (Å²) >= 11 is 6.30. The average Bonchev–Trinajstić information content (AvgIpc) is 2.65. The van der Waals surface area contributed by atoms with E-state index in [-0.39, 0.29) is 5.91 Å². The van der Waals surface area contributed by atoms with E-state index in [0.29, 0.717) is 34.6 Å². The smallest absolute Gasteiger partial charge is 0.248 e. The number of benzene rings is 1. The molecule has 1 aromatic carbocycles. The topological polar surface area (TPSA) is 63.7 Å². The molecule has 0 saturated heterocycles.